The molecule has 0 amide bonds. The molecule has 1 aliphatic carbocycles. The molecule has 1 rings (SSSR count). The van der Waals surface area contributed by atoms with Gasteiger partial charge >= 0.3 is 0 Å². The highest BCUT2D eigenvalue weighted by atomic mass is 32.2. The molecule has 114 valence electrons. The van der Waals surface area contributed by atoms with Crippen LogP contribution >= 0.6 is 0 Å². The van der Waals surface area contributed by atoms with E-state index in [1.165, 1.54) is 0 Å². The molecule has 0 radical (unpaired) electrons. The molecular weight excluding hydrogens is 286 g/mol. The first-order valence-electron chi connectivity index (χ1n) is 6.78. The van der Waals surface area contributed by atoms with Gasteiger partial charge in [-0.05, 0) is 24.7 Å². The fourth-order valence-corrected chi connectivity index (χ4v) is 4.84. The monoisotopic (exact) mass is 311 g/mol. The quantitative estimate of drug-likeness (QED) is 0.798. The second-order valence-electron chi connectivity index (χ2n) is 5.79. The van der Waals surface area contributed by atoms with Crippen molar-refractivity contribution in [3.05, 3.63) is 0 Å². The average molecular weight is 311 g/mol. The molecule has 0 aromatic carbocycles. The van der Waals surface area contributed by atoms with E-state index in [9.17, 15) is 16.8 Å². The van der Waals surface area contributed by atoms with Crippen molar-refractivity contribution in [2.24, 2.45) is 11.8 Å². The Labute approximate surface area is 117 Å². The summed E-state index contributed by atoms with van der Waals surface area (Å²) < 4.78 is 48.6. The lowest BCUT2D eigenvalue weighted by atomic mass is 9.78. The summed E-state index contributed by atoms with van der Waals surface area (Å²) in [5.74, 6) is 0.665. The van der Waals surface area contributed by atoms with Gasteiger partial charge in [0.25, 0.3) is 0 Å². The largest absolute Gasteiger partial charge is 0.229 e. The summed E-state index contributed by atoms with van der Waals surface area (Å²) >= 11 is 0. The molecule has 1 aliphatic rings. The van der Waals surface area contributed by atoms with Gasteiger partial charge in [0.15, 0.2) is 0 Å². The molecule has 0 saturated heterocycles. The molecular formula is C12H25NO4S2. The average Bonchev–Trinajstić information content (AvgIpc) is 2.22. The van der Waals surface area contributed by atoms with E-state index in [4.69, 9.17) is 0 Å². The van der Waals surface area contributed by atoms with Crippen LogP contribution in [0, 0.1) is 11.8 Å². The Bertz CT molecular complexity index is 484. The maximum absolute atomic E-state index is 11.9. The van der Waals surface area contributed by atoms with Gasteiger partial charge in [-0.2, -0.15) is 0 Å². The molecule has 0 heterocycles. The van der Waals surface area contributed by atoms with Gasteiger partial charge in [-0.3, -0.25) is 0 Å². The Morgan fingerprint density at radius 3 is 2.26 bits per heavy atom. The maximum Gasteiger partial charge on any atom is 0.211 e. The Kier molecular flexibility index (Phi) is 5.82. The Hall–Kier alpha value is -0.140. The smallest absolute Gasteiger partial charge is 0.211 e. The lowest BCUT2D eigenvalue weighted by Crippen LogP contribution is -2.44. The molecule has 0 aromatic rings. The lowest BCUT2D eigenvalue weighted by molar-refractivity contribution is 0.227. The first-order valence-corrected chi connectivity index (χ1v) is 10.5. The fourth-order valence-electron chi connectivity index (χ4n) is 2.55. The highest BCUT2D eigenvalue weighted by Crippen LogP contribution is 2.29. The number of hydrogen-bond donors (Lipinski definition) is 1. The Morgan fingerprint density at radius 1 is 1.05 bits per heavy atom. The zero-order valence-corrected chi connectivity index (χ0v) is 13.6. The van der Waals surface area contributed by atoms with Gasteiger partial charge < -0.3 is 0 Å². The minimum atomic E-state index is -3.37. The van der Waals surface area contributed by atoms with Crippen LogP contribution in [0.1, 0.15) is 39.5 Å². The summed E-state index contributed by atoms with van der Waals surface area (Å²) in [7, 11) is -6.47. The lowest BCUT2D eigenvalue weighted by Gasteiger charge is -2.34. The molecule has 19 heavy (non-hydrogen) atoms. The highest BCUT2D eigenvalue weighted by molar-refractivity contribution is 7.91. The van der Waals surface area contributed by atoms with Crippen LogP contribution in [0.3, 0.4) is 0 Å². The van der Waals surface area contributed by atoms with Gasteiger partial charge in [0.2, 0.25) is 10.0 Å². The first-order chi connectivity index (χ1) is 8.61. The predicted molar refractivity (Wildman–Crippen MR) is 77.2 cm³/mol. The highest BCUT2D eigenvalue weighted by Gasteiger charge is 2.29. The van der Waals surface area contributed by atoms with Crippen LogP contribution in [0.25, 0.3) is 0 Å². The van der Waals surface area contributed by atoms with Gasteiger partial charge in [0.1, 0.15) is 9.84 Å². The molecule has 7 heteroatoms. The Morgan fingerprint density at radius 2 is 1.68 bits per heavy atom. The SMILES string of the molecule is C[C@@H]1[C@H](C)CCC[C@@H]1NS(=O)(=O)CCCS(C)(=O)=O. The normalized spacial score (nSPS) is 29.3. The van der Waals surface area contributed by atoms with E-state index in [1.54, 1.807) is 0 Å². The molecule has 5 nitrogen and oxygen atoms in total. The summed E-state index contributed by atoms with van der Waals surface area (Å²) in [4.78, 5) is 0. The van der Waals surface area contributed by atoms with Crippen molar-refractivity contribution in [2.75, 3.05) is 17.8 Å². The number of nitrogens with one attached hydrogen (secondary N) is 1. The molecule has 1 fully saturated rings. The van der Waals surface area contributed by atoms with Crippen molar-refractivity contribution in [1.29, 1.82) is 0 Å². The number of sulfonamides is 1. The van der Waals surface area contributed by atoms with Crippen LogP contribution < -0.4 is 4.72 Å². The molecule has 0 bridgehead atoms. The summed E-state index contributed by atoms with van der Waals surface area (Å²) in [6.45, 7) is 4.22. The van der Waals surface area contributed by atoms with E-state index in [-0.39, 0.29) is 24.0 Å². The van der Waals surface area contributed by atoms with Gasteiger partial charge in [-0.1, -0.05) is 26.7 Å². The standard InChI is InChI=1S/C12H25NO4S2/c1-10-6-4-7-12(11(10)2)13-19(16,17)9-5-8-18(3,14)15/h10-13H,4-9H2,1-3H3/t10-,11-,12+/m1/s1. The third-order valence-corrected chi connectivity index (χ3v) is 6.48. The number of sulfone groups is 1. The zero-order valence-electron chi connectivity index (χ0n) is 11.9. The van der Waals surface area contributed by atoms with Gasteiger partial charge in [0, 0.05) is 12.3 Å². The molecule has 1 saturated carbocycles. The van der Waals surface area contributed by atoms with Gasteiger partial charge in [-0.15, -0.1) is 0 Å². The molecule has 0 unspecified atom stereocenters. The van der Waals surface area contributed by atoms with E-state index in [0.717, 1.165) is 25.5 Å². The van der Waals surface area contributed by atoms with E-state index in [0.29, 0.717) is 11.8 Å². The summed E-state index contributed by atoms with van der Waals surface area (Å²) in [6.07, 6.45) is 4.34. The van der Waals surface area contributed by atoms with Crippen molar-refractivity contribution in [3.8, 4) is 0 Å². The summed E-state index contributed by atoms with van der Waals surface area (Å²) in [6, 6.07) is -0.00742. The number of rotatable bonds is 6. The maximum atomic E-state index is 11.9. The van der Waals surface area contributed by atoms with Crippen molar-refractivity contribution in [2.45, 2.75) is 45.6 Å². The molecule has 0 aromatic heterocycles. The fraction of sp³-hybridized carbons (Fsp3) is 1.00. The summed E-state index contributed by atoms with van der Waals surface area (Å²) in [5.41, 5.74) is 0. The molecule has 1 N–H and O–H groups in total. The van der Waals surface area contributed by atoms with Crippen LogP contribution in [0.5, 0.6) is 0 Å². The zero-order chi connectivity index (χ0) is 14.7. The minimum absolute atomic E-state index is 0.00742. The van der Waals surface area contributed by atoms with E-state index in [1.807, 2.05) is 0 Å². The second kappa shape index (κ2) is 6.54. The topological polar surface area (TPSA) is 80.3 Å². The first kappa shape index (κ1) is 16.9. The van der Waals surface area contributed by atoms with Crippen LogP contribution in [0.4, 0.5) is 0 Å². The minimum Gasteiger partial charge on any atom is -0.229 e. The molecule has 0 spiro atoms. The molecule has 0 aliphatic heterocycles. The van der Waals surface area contributed by atoms with Crippen LogP contribution in [-0.2, 0) is 19.9 Å². The number of hydrogen-bond acceptors (Lipinski definition) is 4. The van der Waals surface area contributed by atoms with E-state index in [2.05, 4.69) is 18.6 Å². The van der Waals surface area contributed by atoms with E-state index >= 15 is 0 Å². The van der Waals surface area contributed by atoms with Crippen LogP contribution in [0.2, 0.25) is 0 Å². The van der Waals surface area contributed by atoms with E-state index < -0.39 is 19.9 Å². The second-order valence-corrected chi connectivity index (χ2v) is 9.93. The third kappa shape index (κ3) is 6.23. The van der Waals surface area contributed by atoms with Crippen molar-refractivity contribution in [1.82, 2.24) is 4.72 Å². The van der Waals surface area contributed by atoms with Crippen LogP contribution in [0.15, 0.2) is 0 Å². The van der Waals surface area contributed by atoms with Gasteiger partial charge in [-0.25, -0.2) is 21.6 Å². The van der Waals surface area contributed by atoms with Crippen molar-refractivity contribution >= 4 is 19.9 Å². The van der Waals surface area contributed by atoms with Gasteiger partial charge in [0.05, 0.1) is 11.5 Å². The predicted octanol–water partition coefficient (Wildman–Crippen LogP) is 1.17. The molecule has 3 atom stereocenters. The summed E-state index contributed by atoms with van der Waals surface area (Å²) in [5, 5.41) is 0. The van der Waals surface area contributed by atoms with Crippen LogP contribution in [-0.4, -0.2) is 40.6 Å². The Balaban J connectivity index is 2.50. The third-order valence-electron chi connectivity index (χ3n) is 3.97. The van der Waals surface area contributed by atoms with Crippen molar-refractivity contribution < 1.29 is 16.8 Å². The van der Waals surface area contributed by atoms with Crippen molar-refractivity contribution in [3.63, 3.8) is 0 Å².